The standard InChI is InChI=1S/C15H12BrClFNO/c1-2-19(14-6-4-3-5-13(14)18)15(20)11-8-7-10(17)9-12(11)16/h3-9H,2H2,1H3. The number of anilines is 1. The van der Waals surface area contributed by atoms with Crippen LogP contribution in [0.15, 0.2) is 46.9 Å². The average molecular weight is 357 g/mol. The Bertz CT molecular complexity index is 648. The molecule has 104 valence electrons. The van der Waals surface area contributed by atoms with E-state index in [1.165, 1.54) is 11.0 Å². The monoisotopic (exact) mass is 355 g/mol. The highest BCUT2D eigenvalue weighted by Crippen LogP contribution is 2.26. The summed E-state index contributed by atoms with van der Waals surface area (Å²) in [5, 5.41) is 0.530. The van der Waals surface area contributed by atoms with E-state index in [-0.39, 0.29) is 11.6 Å². The van der Waals surface area contributed by atoms with Crippen LogP contribution in [0.3, 0.4) is 0 Å². The molecule has 0 heterocycles. The summed E-state index contributed by atoms with van der Waals surface area (Å²) >= 11 is 9.17. The fourth-order valence-electron chi connectivity index (χ4n) is 1.90. The van der Waals surface area contributed by atoms with Crippen molar-refractivity contribution < 1.29 is 9.18 Å². The normalized spacial score (nSPS) is 10.4. The van der Waals surface area contributed by atoms with E-state index < -0.39 is 5.82 Å². The van der Waals surface area contributed by atoms with E-state index in [1.807, 2.05) is 0 Å². The van der Waals surface area contributed by atoms with E-state index in [9.17, 15) is 9.18 Å². The second-order valence-electron chi connectivity index (χ2n) is 4.12. The Morgan fingerprint density at radius 3 is 2.60 bits per heavy atom. The quantitative estimate of drug-likeness (QED) is 0.765. The Morgan fingerprint density at radius 2 is 2.00 bits per heavy atom. The maximum Gasteiger partial charge on any atom is 0.259 e. The number of carbonyl (C=O) groups excluding carboxylic acids is 1. The Labute approximate surface area is 130 Å². The predicted octanol–water partition coefficient (Wildman–Crippen LogP) is 4.91. The van der Waals surface area contributed by atoms with Crippen LogP contribution in [0.25, 0.3) is 0 Å². The first kappa shape index (κ1) is 15.0. The third-order valence-corrected chi connectivity index (χ3v) is 3.76. The zero-order valence-electron chi connectivity index (χ0n) is 10.7. The SMILES string of the molecule is CCN(C(=O)c1ccc(Cl)cc1Br)c1ccccc1F. The fourth-order valence-corrected chi connectivity index (χ4v) is 2.75. The number of rotatable bonds is 3. The van der Waals surface area contributed by atoms with Gasteiger partial charge >= 0.3 is 0 Å². The number of para-hydroxylation sites is 1. The highest BCUT2D eigenvalue weighted by molar-refractivity contribution is 9.10. The second kappa shape index (κ2) is 6.37. The van der Waals surface area contributed by atoms with Crippen LogP contribution in [-0.2, 0) is 0 Å². The lowest BCUT2D eigenvalue weighted by Crippen LogP contribution is -2.31. The molecular weight excluding hydrogens is 345 g/mol. The molecule has 20 heavy (non-hydrogen) atoms. The molecule has 1 amide bonds. The van der Waals surface area contributed by atoms with Gasteiger partial charge in [-0.25, -0.2) is 4.39 Å². The molecular formula is C15H12BrClFNO. The van der Waals surface area contributed by atoms with Gasteiger partial charge in [0.1, 0.15) is 5.82 Å². The molecule has 0 N–H and O–H groups in total. The summed E-state index contributed by atoms with van der Waals surface area (Å²) in [6.07, 6.45) is 0. The van der Waals surface area contributed by atoms with Crippen LogP contribution in [0.2, 0.25) is 5.02 Å². The number of hydrogen-bond donors (Lipinski definition) is 0. The zero-order chi connectivity index (χ0) is 14.7. The Hall–Kier alpha value is -1.39. The summed E-state index contributed by atoms with van der Waals surface area (Å²) in [4.78, 5) is 13.9. The lowest BCUT2D eigenvalue weighted by molar-refractivity contribution is 0.0986. The summed E-state index contributed by atoms with van der Waals surface area (Å²) in [6.45, 7) is 2.17. The molecule has 0 atom stereocenters. The lowest BCUT2D eigenvalue weighted by Gasteiger charge is -2.22. The molecule has 2 nitrogen and oxygen atoms in total. The number of amides is 1. The summed E-state index contributed by atoms with van der Waals surface area (Å²) in [5.74, 6) is -0.700. The lowest BCUT2D eigenvalue weighted by atomic mass is 10.1. The number of nitrogens with zero attached hydrogens (tertiary/aromatic N) is 1. The third kappa shape index (κ3) is 3.02. The second-order valence-corrected chi connectivity index (χ2v) is 5.42. The summed E-state index contributed by atoms with van der Waals surface area (Å²) in [7, 11) is 0. The smallest absolute Gasteiger partial charge is 0.259 e. The van der Waals surface area contributed by atoms with Crippen molar-refractivity contribution in [2.45, 2.75) is 6.92 Å². The zero-order valence-corrected chi connectivity index (χ0v) is 13.1. The van der Waals surface area contributed by atoms with Crippen molar-refractivity contribution >= 4 is 39.1 Å². The predicted molar refractivity (Wildman–Crippen MR) is 82.9 cm³/mol. The molecule has 0 radical (unpaired) electrons. The molecule has 2 aromatic carbocycles. The van der Waals surface area contributed by atoms with Gasteiger partial charge in [-0.3, -0.25) is 4.79 Å². The molecule has 5 heteroatoms. The van der Waals surface area contributed by atoms with Crippen LogP contribution in [0.5, 0.6) is 0 Å². The van der Waals surface area contributed by atoms with Gasteiger partial charge in [-0.1, -0.05) is 23.7 Å². The van der Waals surface area contributed by atoms with E-state index in [1.54, 1.807) is 43.3 Å². The minimum absolute atomic E-state index is 0.266. The molecule has 2 aromatic rings. The van der Waals surface area contributed by atoms with Gasteiger partial charge in [0.2, 0.25) is 0 Å². The maximum atomic E-state index is 13.8. The summed E-state index contributed by atoms with van der Waals surface area (Å²) < 4.78 is 14.4. The van der Waals surface area contributed by atoms with Crippen molar-refractivity contribution in [1.82, 2.24) is 0 Å². The van der Waals surface area contributed by atoms with Crippen LogP contribution in [0.1, 0.15) is 17.3 Å². The maximum absolute atomic E-state index is 13.8. The minimum atomic E-state index is -0.423. The Kier molecular flexibility index (Phi) is 4.78. The van der Waals surface area contributed by atoms with Gasteiger partial charge in [0, 0.05) is 16.0 Å². The van der Waals surface area contributed by atoms with E-state index in [2.05, 4.69) is 15.9 Å². The number of carbonyl (C=O) groups is 1. The van der Waals surface area contributed by atoms with Crippen molar-refractivity contribution in [1.29, 1.82) is 0 Å². The van der Waals surface area contributed by atoms with Crippen molar-refractivity contribution in [3.05, 3.63) is 63.3 Å². The highest BCUT2D eigenvalue weighted by Gasteiger charge is 2.20. The van der Waals surface area contributed by atoms with Gasteiger partial charge in [0.15, 0.2) is 0 Å². The first-order valence-electron chi connectivity index (χ1n) is 6.06. The Balaban J connectivity index is 2.42. The summed E-state index contributed by atoms with van der Waals surface area (Å²) in [6, 6.07) is 11.1. The third-order valence-electron chi connectivity index (χ3n) is 2.87. The van der Waals surface area contributed by atoms with Crippen LogP contribution in [-0.4, -0.2) is 12.5 Å². The molecule has 0 spiro atoms. The van der Waals surface area contributed by atoms with Crippen LogP contribution in [0.4, 0.5) is 10.1 Å². The first-order valence-corrected chi connectivity index (χ1v) is 7.23. The number of halogens is 3. The number of hydrogen-bond acceptors (Lipinski definition) is 1. The van der Waals surface area contributed by atoms with Crippen molar-refractivity contribution in [2.75, 3.05) is 11.4 Å². The van der Waals surface area contributed by atoms with Crippen LogP contribution >= 0.6 is 27.5 Å². The molecule has 0 saturated carbocycles. The molecule has 2 rings (SSSR count). The van der Waals surface area contributed by atoms with Gasteiger partial charge < -0.3 is 4.90 Å². The Morgan fingerprint density at radius 1 is 1.30 bits per heavy atom. The molecule has 0 bridgehead atoms. The molecule has 0 aliphatic heterocycles. The van der Waals surface area contributed by atoms with Gasteiger partial charge in [-0.2, -0.15) is 0 Å². The average Bonchev–Trinajstić information content (AvgIpc) is 2.41. The van der Waals surface area contributed by atoms with E-state index in [0.29, 0.717) is 21.6 Å². The molecule has 0 aromatic heterocycles. The first-order chi connectivity index (χ1) is 9.54. The van der Waals surface area contributed by atoms with Gasteiger partial charge in [-0.15, -0.1) is 0 Å². The summed E-state index contributed by atoms with van der Waals surface area (Å²) in [5.41, 5.74) is 0.710. The van der Waals surface area contributed by atoms with Crippen molar-refractivity contribution in [3.63, 3.8) is 0 Å². The van der Waals surface area contributed by atoms with E-state index in [0.717, 1.165) is 0 Å². The molecule has 0 aliphatic carbocycles. The molecule has 0 saturated heterocycles. The van der Waals surface area contributed by atoms with Crippen molar-refractivity contribution in [3.8, 4) is 0 Å². The van der Waals surface area contributed by atoms with Crippen LogP contribution < -0.4 is 4.90 Å². The largest absolute Gasteiger partial charge is 0.306 e. The van der Waals surface area contributed by atoms with Gasteiger partial charge in [0.25, 0.3) is 5.91 Å². The van der Waals surface area contributed by atoms with E-state index >= 15 is 0 Å². The topological polar surface area (TPSA) is 20.3 Å². The van der Waals surface area contributed by atoms with Crippen molar-refractivity contribution in [2.24, 2.45) is 0 Å². The molecule has 0 fully saturated rings. The molecule has 0 aliphatic rings. The fraction of sp³-hybridized carbons (Fsp3) is 0.133. The highest BCUT2D eigenvalue weighted by atomic mass is 79.9. The van der Waals surface area contributed by atoms with Crippen LogP contribution in [0, 0.1) is 5.82 Å². The van der Waals surface area contributed by atoms with Gasteiger partial charge in [0.05, 0.1) is 11.3 Å². The number of benzene rings is 2. The van der Waals surface area contributed by atoms with Gasteiger partial charge in [-0.05, 0) is 53.2 Å². The minimum Gasteiger partial charge on any atom is -0.306 e. The molecule has 0 unspecified atom stereocenters. The van der Waals surface area contributed by atoms with E-state index in [4.69, 9.17) is 11.6 Å².